The van der Waals surface area contributed by atoms with Gasteiger partial charge in [-0.05, 0) is 73.1 Å². The van der Waals surface area contributed by atoms with Crippen molar-refractivity contribution in [2.45, 2.75) is 37.5 Å². The van der Waals surface area contributed by atoms with Crippen LogP contribution in [0.25, 0.3) is 0 Å². The van der Waals surface area contributed by atoms with Gasteiger partial charge in [0.25, 0.3) is 0 Å². The molecule has 0 spiro atoms. The van der Waals surface area contributed by atoms with Crippen LogP contribution in [0, 0.1) is 0 Å². The van der Waals surface area contributed by atoms with Crippen molar-refractivity contribution in [3.63, 3.8) is 0 Å². The van der Waals surface area contributed by atoms with Crippen LogP contribution in [0.2, 0.25) is 5.02 Å². The number of hydrogen-bond donors (Lipinski definition) is 1. The van der Waals surface area contributed by atoms with Gasteiger partial charge in [-0.3, -0.25) is 4.79 Å². The molecule has 0 bridgehead atoms. The molecule has 2 aliphatic carbocycles. The number of hydrogen-bond acceptors (Lipinski definition) is 1. The van der Waals surface area contributed by atoms with Crippen LogP contribution in [0.4, 0.5) is 5.69 Å². The van der Waals surface area contributed by atoms with E-state index in [-0.39, 0.29) is 11.3 Å². The second kappa shape index (κ2) is 5.13. The Hall–Kier alpha value is -1.80. The number of anilines is 1. The lowest BCUT2D eigenvalue weighted by Crippen LogP contribution is -2.27. The summed E-state index contributed by atoms with van der Waals surface area (Å²) in [5, 5.41) is 3.82. The molecule has 0 unspecified atom stereocenters. The molecule has 0 aromatic heterocycles. The van der Waals surface area contributed by atoms with Crippen LogP contribution in [0.1, 0.15) is 36.0 Å². The molecule has 1 saturated carbocycles. The smallest absolute Gasteiger partial charge is 0.235 e. The highest BCUT2D eigenvalue weighted by molar-refractivity contribution is 6.30. The zero-order valence-corrected chi connectivity index (χ0v) is 13.1. The Morgan fingerprint density at radius 1 is 1.00 bits per heavy atom. The topological polar surface area (TPSA) is 29.1 Å². The fourth-order valence-electron chi connectivity index (χ4n) is 3.44. The Labute approximate surface area is 135 Å². The maximum atomic E-state index is 12.7. The third-order valence-corrected chi connectivity index (χ3v) is 5.19. The number of rotatable bonds is 3. The fourth-order valence-corrected chi connectivity index (χ4v) is 3.57. The monoisotopic (exact) mass is 311 g/mol. The summed E-state index contributed by atoms with van der Waals surface area (Å²) in [6, 6.07) is 14.0. The highest BCUT2D eigenvalue weighted by atomic mass is 35.5. The van der Waals surface area contributed by atoms with Gasteiger partial charge in [-0.2, -0.15) is 0 Å². The molecule has 4 rings (SSSR count). The molecule has 22 heavy (non-hydrogen) atoms. The summed E-state index contributed by atoms with van der Waals surface area (Å²) in [5.74, 6) is 0.104. The van der Waals surface area contributed by atoms with Crippen molar-refractivity contribution in [3.05, 3.63) is 64.2 Å². The Balaban J connectivity index is 1.56. The van der Waals surface area contributed by atoms with E-state index in [0.29, 0.717) is 5.02 Å². The molecular formula is C19H18ClNO. The Morgan fingerprint density at radius 2 is 1.73 bits per heavy atom. The summed E-state index contributed by atoms with van der Waals surface area (Å²) in [4.78, 5) is 12.7. The first-order valence-corrected chi connectivity index (χ1v) is 8.24. The van der Waals surface area contributed by atoms with Crippen LogP contribution in [0.5, 0.6) is 0 Å². The molecule has 2 nitrogen and oxygen atoms in total. The summed E-state index contributed by atoms with van der Waals surface area (Å²) in [6.07, 6.45) is 5.33. The number of amides is 1. The largest absolute Gasteiger partial charge is 0.325 e. The minimum absolute atomic E-state index is 0.104. The molecule has 1 amide bonds. The van der Waals surface area contributed by atoms with Crippen LogP contribution >= 0.6 is 11.6 Å². The van der Waals surface area contributed by atoms with Crippen molar-refractivity contribution in [3.8, 4) is 0 Å². The van der Waals surface area contributed by atoms with Crippen molar-refractivity contribution in [2.75, 3.05) is 5.32 Å². The summed E-state index contributed by atoms with van der Waals surface area (Å²) < 4.78 is 0. The number of nitrogens with one attached hydrogen (secondary N) is 1. The Morgan fingerprint density at radius 3 is 2.45 bits per heavy atom. The van der Waals surface area contributed by atoms with E-state index in [0.717, 1.165) is 36.9 Å². The quantitative estimate of drug-likeness (QED) is 0.888. The van der Waals surface area contributed by atoms with Crippen molar-refractivity contribution >= 4 is 23.2 Å². The summed E-state index contributed by atoms with van der Waals surface area (Å²) in [5.41, 5.74) is 4.44. The standard InChI is InChI=1S/C19H18ClNO/c20-16-7-5-15(6-8-16)19(10-11-19)18(22)21-17-9-4-13-2-1-3-14(13)12-17/h4-9,12H,1-3,10-11H2,(H,21,22). The fraction of sp³-hybridized carbons (Fsp3) is 0.316. The maximum Gasteiger partial charge on any atom is 0.235 e. The SMILES string of the molecule is O=C(Nc1ccc2c(c1)CCC2)C1(c2ccc(Cl)cc2)CC1. The van der Waals surface area contributed by atoms with E-state index in [1.54, 1.807) is 0 Å². The molecule has 1 fully saturated rings. The van der Waals surface area contributed by atoms with Gasteiger partial charge in [0.05, 0.1) is 5.41 Å². The third-order valence-electron chi connectivity index (χ3n) is 4.94. The van der Waals surface area contributed by atoms with Gasteiger partial charge in [0, 0.05) is 10.7 Å². The molecule has 2 aromatic rings. The van der Waals surface area contributed by atoms with Crippen molar-refractivity contribution in [1.82, 2.24) is 0 Å². The molecule has 2 aromatic carbocycles. The van der Waals surface area contributed by atoms with Gasteiger partial charge in [-0.15, -0.1) is 0 Å². The summed E-state index contributed by atoms with van der Waals surface area (Å²) >= 11 is 5.95. The number of aryl methyl sites for hydroxylation is 2. The first-order valence-electron chi connectivity index (χ1n) is 7.87. The number of carbonyl (C=O) groups excluding carboxylic acids is 1. The lowest BCUT2D eigenvalue weighted by molar-refractivity contribution is -0.118. The highest BCUT2D eigenvalue weighted by Crippen LogP contribution is 2.49. The van der Waals surface area contributed by atoms with E-state index in [9.17, 15) is 4.79 Å². The van der Waals surface area contributed by atoms with Crippen LogP contribution in [0.3, 0.4) is 0 Å². The van der Waals surface area contributed by atoms with Gasteiger partial charge >= 0.3 is 0 Å². The van der Waals surface area contributed by atoms with Gasteiger partial charge in [0.2, 0.25) is 5.91 Å². The highest BCUT2D eigenvalue weighted by Gasteiger charge is 2.51. The third kappa shape index (κ3) is 2.32. The molecule has 0 atom stereocenters. The molecule has 0 radical (unpaired) electrons. The lowest BCUT2D eigenvalue weighted by atomic mass is 9.95. The van der Waals surface area contributed by atoms with E-state index < -0.39 is 0 Å². The van der Waals surface area contributed by atoms with Gasteiger partial charge in [0.1, 0.15) is 0 Å². The van der Waals surface area contributed by atoms with Gasteiger partial charge in [-0.25, -0.2) is 0 Å². The number of carbonyl (C=O) groups is 1. The zero-order chi connectivity index (χ0) is 15.2. The number of fused-ring (bicyclic) bond motifs is 1. The van der Waals surface area contributed by atoms with Crippen molar-refractivity contribution < 1.29 is 4.79 Å². The van der Waals surface area contributed by atoms with Crippen molar-refractivity contribution in [1.29, 1.82) is 0 Å². The van der Waals surface area contributed by atoms with E-state index in [1.807, 2.05) is 30.3 Å². The number of benzene rings is 2. The van der Waals surface area contributed by atoms with Crippen LogP contribution in [-0.2, 0) is 23.1 Å². The molecule has 2 aliphatic rings. The summed E-state index contributed by atoms with van der Waals surface area (Å²) in [7, 11) is 0. The van der Waals surface area contributed by atoms with Crippen LogP contribution in [-0.4, -0.2) is 5.91 Å². The number of halogens is 1. The first-order chi connectivity index (χ1) is 10.7. The van der Waals surface area contributed by atoms with E-state index >= 15 is 0 Å². The maximum absolute atomic E-state index is 12.7. The second-order valence-electron chi connectivity index (χ2n) is 6.38. The predicted octanol–water partition coefficient (Wildman–Crippen LogP) is 4.50. The minimum Gasteiger partial charge on any atom is -0.325 e. The zero-order valence-electron chi connectivity index (χ0n) is 12.4. The average Bonchev–Trinajstić information content (AvgIpc) is 3.20. The molecule has 0 aliphatic heterocycles. The molecule has 112 valence electrons. The first kappa shape index (κ1) is 13.8. The summed E-state index contributed by atoms with van der Waals surface area (Å²) in [6.45, 7) is 0. The van der Waals surface area contributed by atoms with Gasteiger partial charge in [0.15, 0.2) is 0 Å². The lowest BCUT2D eigenvalue weighted by Gasteiger charge is -2.16. The van der Waals surface area contributed by atoms with E-state index in [1.165, 1.54) is 17.5 Å². The Kier molecular flexibility index (Phi) is 3.23. The van der Waals surface area contributed by atoms with Gasteiger partial charge in [-0.1, -0.05) is 29.8 Å². The normalized spacial score (nSPS) is 17.9. The minimum atomic E-state index is -0.358. The van der Waals surface area contributed by atoms with Crippen LogP contribution in [0.15, 0.2) is 42.5 Å². The second-order valence-corrected chi connectivity index (χ2v) is 6.82. The predicted molar refractivity (Wildman–Crippen MR) is 89.5 cm³/mol. The van der Waals surface area contributed by atoms with Crippen LogP contribution < -0.4 is 5.32 Å². The molecule has 3 heteroatoms. The molecule has 0 heterocycles. The average molecular weight is 312 g/mol. The molecule has 0 saturated heterocycles. The van der Waals surface area contributed by atoms with Gasteiger partial charge < -0.3 is 5.32 Å². The Bertz CT molecular complexity index is 732. The van der Waals surface area contributed by atoms with Crippen molar-refractivity contribution in [2.24, 2.45) is 0 Å². The van der Waals surface area contributed by atoms with E-state index in [2.05, 4.69) is 17.4 Å². The molecular weight excluding hydrogens is 294 g/mol. The van der Waals surface area contributed by atoms with E-state index in [4.69, 9.17) is 11.6 Å². The molecule has 1 N–H and O–H groups in total.